The Bertz CT molecular complexity index is 932. The molecule has 0 radical (unpaired) electrons. The molecule has 1 saturated carbocycles. The second-order valence-electron chi connectivity index (χ2n) is 7.88. The molecule has 0 heterocycles. The molecule has 3 atom stereocenters. The molecule has 3 rings (SSSR count). The normalized spacial score (nSPS) is 20.7. The summed E-state index contributed by atoms with van der Waals surface area (Å²) in [6, 6.07) is 11.1. The number of sulfonamides is 1. The molecule has 29 heavy (non-hydrogen) atoms. The lowest BCUT2D eigenvalue weighted by Crippen LogP contribution is -2.26. The Morgan fingerprint density at radius 3 is 2.48 bits per heavy atom. The second-order valence-corrected chi connectivity index (χ2v) is 9.64. The lowest BCUT2D eigenvalue weighted by Gasteiger charge is -2.18. The molecule has 0 amide bonds. The second kappa shape index (κ2) is 9.32. The van der Waals surface area contributed by atoms with Crippen molar-refractivity contribution in [2.75, 3.05) is 13.2 Å². The van der Waals surface area contributed by atoms with E-state index in [2.05, 4.69) is 4.72 Å². The first-order valence-electron chi connectivity index (χ1n) is 9.95. The Morgan fingerprint density at radius 1 is 1.10 bits per heavy atom. The van der Waals surface area contributed by atoms with E-state index in [1.807, 2.05) is 19.1 Å². The first kappa shape index (κ1) is 21.9. The highest BCUT2D eigenvalue weighted by molar-refractivity contribution is 7.89. The molecule has 1 unspecified atom stereocenters. The third-order valence-electron chi connectivity index (χ3n) is 5.81. The van der Waals surface area contributed by atoms with E-state index in [-0.39, 0.29) is 24.0 Å². The van der Waals surface area contributed by atoms with Crippen LogP contribution in [0.1, 0.15) is 55.6 Å². The largest absolute Gasteiger partial charge is 0.395 e. The van der Waals surface area contributed by atoms with E-state index in [0.29, 0.717) is 11.8 Å². The van der Waals surface area contributed by atoms with Gasteiger partial charge in [0.1, 0.15) is 0 Å². The minimum absolute atomic E-state index is 0.00940. The van der Waals surface area contributed by atoms with Crippen LogP contribution in [0.5, 0.6) is 0 Å². The van der Waals surface area contributed by atoms with E-state index in [4.69, 9.17) is 5.11 Å². The molecule has 0 saturated heterocycles. The summed E-state index contributed by atoms with van der Waals surface area (Å²) in [6.07, 6.45) is 4.02. The molecular weight excluding hydrogens is 396 g/mol. The number of nitrogens with one attached hydrogen (secondary N) is 1. The molecule has 2 aromatic rings. The average Bonchev–Trinajstić information content (AvgIpc) is 3.17. The summed E-state index contributed by atoms with van der Waals surface area (Å²) in [5, 5.41) is 8.79. The van der Waals surface area contributed by atoms with Crippen molar-refractivity contribution >= 4 is 10.0 Å². The van der Waals surface area contributed by atoms with E-state index in [1.165, 1.54) is 12.1 Å². The third kappa shape index (κ3) is 5.41. The number of hydrogen-bond donors (Lipinski definition) is 2. The number of rotatable bonds is 8. The van der Waals surface area contributed by atoms with Gasteiger partial charge in [-0.25, -0.2) is 21.9 Å². The molecule has 0 aliphatic heterocycles. The van der Waals surface area contributed by atoms with E-state index in [0.717, 1.165) is 36.8 Å². The van der Waals surface area contributed by atoms with Crippen LogP contribution >= 0.6 is 0 Å². The lowest BCUT2D eigenvalue weighted by molar-refractivity contribution is 0.301. The number of halogens is 2. The highest BCUT2D eigenvalue weighted by atomic mass is 32.2. The Balaban J connectivity index is 1.59. The Hall–Kier alpha value is -1.83. The maximum Gasteiger partial charge on any atom is 0.240 e. The van der Waals surface area contributed by atoms with Crippen molar-refractivity contribution in [3.8, 4) is 0 Å². The van der Waals surface area contributed by atoms with Crippen LogP contribution in [0.2, 0.25) is 0 Å². The molecule has 1 aliphatic rings. The molecule has 0 aromatic heterocycles. The summed E-state index contributed by atoms with van der Waals surface area (Å²) in [5.74, 6) is -0.600. The zero-order valence-corrected chi connectivity index (χ0v) is 17.3. The fourth-order valence-corrected chi connectivity index (χ4v) is 5.25. The molecule has 2 aromatic carbocycles. The fraction of sp³-hybridized carbons (Fsp3) is 0.455. The summed E-state index contributed by atoms with van der Waals surface area (Å²) >= 11 is 0. The molecule has 1 fully saturated rings. The van der Waals surface area contributed by atoms with Crippen LogP contribution in [-0.2, 0) is 10.0 Å². The fourth-order valence-electron chi connectivity index (χ4n) is 4.23. The van der Waals surface area contributed by atoms with Gasteiger partial charge < -0.3 is 5.11 Å². The zero-order valence-electron chi connectivity index (χ0n) is 16.4. The molecular formula is C22H27F2NO3S. The number of hydrogen-bond acceptors (Lipinski definition) is 3. The molecule has 158 valence electrons. The van der Waals surface area contributed by atoms with Crippen LogP contribution in [0.4, 0.5) is 8.78 Å². The SMILES string of the molecule is C[C@@H](CC1CC[C@H](c2ccc(S(=O)(=O)NCCO)cc2)C1)c1ccc(F)c(F)c1. The summed E-state index contributed by atoms with van der Waals surface area (Å²) in [5.41, 5.74) is 1.94. The van der Waals surface area contributed by atoms with Crippen LogP contribution in [0, 0.1) is 17.6 Å². The van der Waals surface area contributed by atoms with Crippen LogP contribution in [0.25, 0.3) is 0 Å². The van der Waals surface area contributed by atoms with Crippen molar-refractivity contribution in [2.45, 2.75) is 49.3 Å². The van der Waals surface area contributed by atoms with Crippen LogP contribution in [0.15, 0.2) is 47.4 Å². The van der Waals surface area contributed by atoms with Crippen molar-refractivity contribution in [1.29, 1.82) is 0 Å². The van der Waals surface area contributed by atoms with Gasteiger partial charge in [-0.05, 0) is 78.8 Å². The Labute approximate surface area is 171 Å². The Kier molecular flexibility index (Phi) is 7.03. The van der Waals surface area contributed by atoms with Crippen molar-refractivity contribution in [3.63, 3.8) is 0 Å². The quantitative estimate of drug-likeness (QED) is 0.665. The first-order chi connectivity index (χ1) is 13.8. The standard InChI is InChI=1S/C22H27F2NO3S/c1-15(18-6-9-21(23)22(24)14-18)12-16-2-3-19(13-16)17-4-7-20(8-5-17)29(27,28)25-10-11-26/h4-9,14-16,19,25-26H,2-3,10-13H2,1H3/t15-,16?,19-/m0/s1. The van der Waals surface area contributed by atoms with Gasteiger partial charge in [0.05, 0.1) is 11.5 Å². The smallest absolute Gasteiger partial charge is 0.240 e. The van der Waals surface area contributed by atoms with Crippen LogP contribution in [-0.4, -0.2) is 26.7 Å². The highest BCUT2D eigenvalue weighted by Gasteiger charge is 2.28. The zero-order chi connectivity index (χ0) is 21.0. The first-order valence-corrected chi connectivity index (χ1v) is 11.4. The minimum atomic E-state index is -3.59. The van der Waals surface area contributed by atoms with Gasteiger partial charge >= 0.3 is 0 Å². The van der Waals surface area contributed by atoms with Crippen molar-refractivity contribution in [1.82, 2.24) is 4.72 Å². The monoisotopic (exact) mass is 423 g/mol. The minimum Gasteiger partial charge on any atom is -0.395 e. The third-order valence-corrected chi connectivity index (χ3v) is 7.28. The van der Waals surface area contributed by atoms with Crippen molar-refractivity contribution in [3.05, 3.63) is 65.2 Å². The van der Waals surface area contributed by atoms with Gasteiger partial charge in [0.25, 0.3) is 0 Å². The van der Waals surface area contributed by atoms with Crippen LogP contribution < -0.4 is 4.72 Å². The van der Waals surface area contributed by atoms with E-state index in [9.17, 15) is 17.2 Å². The van der Waals surface area contributed by atoms with Crippen molar-refractivity contribution < 1.29 is 22.3 Å². The van der Waals surface area contributed by atoms with E-state index < -0.39 is 21.7 Å². The topological polar surface area (TPSA) is 66.4 Å². The molecule has 7 heteroatoms. The van der Waals surface area contributed by atoms with Crippen LogP contribution in [0.3, 0.4) is 0 Å². The van der Waals surface area contributed by atoms with Crippen molar-refractivity contribution in [2.24, 2.45) is 5.92 Å². The van der Waals surface area contributed by atoms with Gasteiger partial charge in [0.15, 0.2) is 11.6 Å². The summed E-state index contributed by atoms with van der Waals surface area (Å²) in [7, 11) is -3.59. The number of aliphatic hydroxyl groups excluding tert-OH is 1. The highest BCUT2D eigenvalue weighted by Crippen LogP contribution is 2.42. The maximum atomic E-state index is 13.5. The summed E-state index contributed by atoms with van der Waals surface area (Å²) < 4.78 is 53.2. The van der Waals surface area contributed by atoms with Gasteiger partial charge in [0, 0.05) is 6.54 Å². The lowest BCUT2D eigenvalue weighted by atomic mass is 9.88. The molecule has 4 nitrogen and oxygen atoms in total. The summed E-state index contributed by atoms with van der Waals surface area (Å²) in [6.45, 7) is 1.79. The Morgan fingerprint density at radius 2 is 1.83 bits per heavy atom. The van der Waals surface area contributed by atoms with E-state index in [1.54, 1.807) is 18.2 Å². The maximum absolute atomic E-state index is 13.5. The van der Waals surface area contributed by atoms with E-state index >= 15 is 0 Å². The van der Waals surface area contributed by atoms with Gasteiger partial charge in [-0.3, -0.25) is 0 Å². The summed E-state index contributed by atoms with van der Waals surface area (Å²) in [4.78, 5) is 0.191. The average molecular weight is 424 g/mol. The predicted octanol–water partition coefficient (Wildman–Crippen LogP) is 4.31. The predicted molar refractivity (Wildman–Crippen MR) is 108 cm³/mol. The molecule has 0 bridgehead atoms. The van der Waals surface area contributed by atoms with Gasteiger partial charge in [0.2, 0.25) is 10.0 Å². The van der Waals surface area contributed by atoms with Gasteiger partial charge in [-0.2, -0.15) is 0 Å². The molecule has 0 spiro atoms. The van der Waals surface area contributed by atoms with Gasteiger partial charge in [-0.1, -0.05) is 25.1 Å². The number of aliphatic hydroxyl groups is 1. The molecule has 2 N–H and O–H groups in total. The number of benzene rings is 2. The molecule has 1 aliphatic carbocycles. The van der Waals surface area contributed by atoms with Gasteiger partial charge in [-0.15, -0.1) is 0 Å².